The summed E-state index contributed by atoms with van der Waals surface area (Å²) < 4.78 is 5.58. The molecule has 0 atom stereocenters. The van der Waals surface area contributed by atoms with Crippen molar-refractivity contribution in [3.8, 4) is 5.75 Å². The van der Waals surface area contributed by atoms with Crippen molar-refractivity contribution in [2.45, 2.75) is 32.6 Å². The molecule has 1 saturated heterocycles. The Hall–Kier alpha value is -2.20. The van der Waals surface area contributed by atoms with E-state index in [0.717, 1.165) is 24.3 Å². The number of hydrogen-bond donors (Lipinski definition) is 1. The average molecular weight is 373 g/mol. The zero-order valence-corrected chi connectivity index (χ0v) is 15.9. The molecule has 0 spiro atoms. The number of amides is 1. The molecular formula is C21H25ClN2O2. The Balaban J connectivity index is 1.52. The van der Waals surface area contributed by atoms with Gasteiger partial charge in [0, 0.05) is 29.5 Å². The van der Waals surface area contributed by atoms with Crippen LogP contribution in [0.15, 0.2) is 42.5 Å². The molecule has 0 aromatic heterocycles. The van der Waals surface area contributed by atoms with Gasteiger partial charge in [0.15, 0.2) is 6.61 Å². The van der Waals surface area contributed by atoms with Gasteiger partial charge in [-0.15, -0.1) is 0 Å². The number of benzene rings is 2. The fourth-order valence-electron chi connectivity index (χ4n) is 3.20. The monoisotopic (exact) mass is 372 g/mol. The minimum atomic E-state index is -0.179. The first kappa shape index (κ1) is 18.6. The van der Waals surface area contributed by atoms with E-state index in [0.29, 0.717) is 10.8 Å². The van der Waals surface area contributed by atoms with Crippen LogP contribution in [0.4, 0.5) is 11.4 Å². The summed E-state index contributed by atoms with van der Waals surface area (Å²) in [5.74, 6) is 0.489. The molecule has 1 fully saturated rings. The van der Waals surface area contributed by atoms with Crippen molar-refractivity contribution in [2.75, 3.05) is 29.9 Å². The van der Waals surface area contributed by atoms with Gasteiger partial charge in [0.2, 0.25) is 0 Å². The van der Waals surface area contributed by atoms with Crippen LogP contribution in [0.5, 0.6) is 5.75 Å². The molecule has 2 aromatic carbocycles. The van der Waals surface area contributed by atoms with Crippen LogP contribution in [0.25, 0.3) is 0 Å². The first-order valence-electron chi connectivity index (χ1n) is 9.15. The molecule has 0 unspecified atom stereocenters. The molecule has 1 aliphatic rings. The Bertz CT molecular complexity index is 738. The van der Waals surface area contributed by atoms with Crippen LogP contribution in [0.1, 0.15) is 31.2 Å². The number of rotatable bonds is 5. The lowest BCUT2D eigenvalue weighted by atomic mass is 10.2. The topological polar surface area (TPSA) is 41.6 Å². The molecule has 0 saturated carbocycles. The minimum absolute atomic E-state index is 0.0314. The Morgan fingerprint density at radius 2 is 1.77 bits per heavy atom. The SMILES string of the molecule is Cc1cc(Cl)ccc1OCC(=O)Nc1ccc(N2CCCCCC2)cc1. The molecule has 4 nitrogen and oxygen atoms in total. The number of halogens is 1. The van der Waals surface area contributed by atoms with E-state index in [1.54, 1.807) is 12.1 Å². The maximum atomic E-state index is 12.1. The van der Waals surface area contributed by atoms with E-state index in [1.807, 2.05) is 25.1 Å². The highest BCUT2D eigenvalue weighted by atomic mass is 35.5. The summed E-state index contributed by atoms with van der Waals surface area (Å²) in [6, 6.07) is 13.4. The van der Waals surface area contributed by atoms with Crippen molar-refractivity contribution in [1.82, 2.24) is 0 Å². The molecule has 1 heterocycles. The Morgan fingerprint density at radius 3 is 2.42 bits per heavy atom. The number of nitrogens with one attached hydrogen (secondary N) is 1. The molecule has 2 aromatic rings. The van der Waals surface area contributed by atoms with Crippen molar-refractivity contribution in [2.24, 2.45) is 0 Å². The number of nitrogens with zero attached hydrogens (tertiary/aromatic N) is 1. The smallest absolute Gasteiger partial charge is 0.262 e. The van der Waals surface area contributed by atoms with Gasteiger partial charge < -0.3 is 15.0 Å². The largest absolute Gasteiger partial charge is 0.483 e. The van der Waals surface area contributed by atoms with E-state index in [2.05, 4.69) is 22.3 Å². The molecule has 0 aliphatic carbocycles. The summed E-state index contributed by atoms with van der Waals surface area (Å²) in [4.78, 5) is 14.5. The van der Waals surface area contributed by atoms with Gasteiger partial charge in [-0.1, -0.05) is 24.4 Å². The van der Waals surface area contributed by atoms with E-state index in [1.165, 1.54) is 31.4 Å². The van der Waals surface area contributed by atoms with Crippen molar-refractivity contribution < 1.29 is 9.53 Å². The molecule has 138 valence electrons. The van der Waals surface area contributed by atoms with E-state index < -0.39 is 0 Å². The summed E-state index contributed by atoms with van der Waals surface area (Å²) in [5, 5.41) is 3.53. The fourth-order valence-corrected chi connectivity index (χ4v) is 3.43. The third-order valence-electron chi connectivity index (χ3n) is 4.62. The van der Waals surface area contributed by atoms with Crippen molar-refractivity contribution in [3.05, 3.63) is 53.1 Å². The van der Waals surface area contributed by atoms with Crippen LogP contribution in [0.3, 0.4) is 0 Å². The molecule has 1 amide bonds. The highest BCUT2D eigenvalue weighted by molar-refractivity contribution is 6.30. The van der Waals surface area contributed by atoms with Crippen LogP contribution in [0, 0.1) is 6.92 Å². The predicted octanol–water partition coefficient (Wildman–Crippen LogP) is 5.05. The standard InChI is InChI=1S/C21H25ClN2O2/c1-16-14-17(22)6-11-20(16)26-15-21(25)23-18-7-9-19(10-8-18)24-12-4-2-3-5-13-24/h6-11,14H,2-5,12-13,15H2,1H3,(H,23,25). The van der Waals surface area contributed by atoms with Gasteiger partial charge in [-0.25, -0.2) is 0 Å². The van der Waals surface area contributed by atoms with Gasteiger partial charge in [-0.2, -0.15) is 0 Å². The number of carbonyl (C=O) groups excluding carboxylic acids is 1. The van der Waals surface area contributed by atoms with Gasteiger partial charge >= 0.3 is 0 Å². The van der Waals surface area contributed by atoms with E-state index in [9.17, 15) is 4.79 Å². The van der Waals surface area contributed by atoms with Crippen LogP contribution >= 0.6 is 11.6 Å². The van der Waals surface area contributed by atoms with Crippen LogP contribution < -0.4 is 15.0 Å². The maximum Gasteiger partial charge on any atom is 0.262 e. The molecule has 0 bridgehead atoms. The van der Waals surface area contributed by atoms with Crippen LogP contribution in [-0.4, -0.2) is 25.6 Å². The molecule has 0 radical (unpaired) electrons. The predicted molar refractivity (Wildman–Crippen MR) is 107 cm³/mol. The Kier molecular flexibility index (Phi) is 6.40. The summed E-state index contributed by atoms with van der Waals surface area (Å²) in [5.41, 5.74) is 2.91. The van der Waals surface area contributed by atoms with Crippen LogP contribution in [0.2, 0.25) is 5.02 Å². The Morgan fingerprint density at radius 1 is 1.08 bits per heavy atom. The molecule has 26 heavy (non-hydrogen) atoms. The first-order valence-corrected chi connectivity index (χ1v) is 9.53. The first-order chi connectivity index (χ1) is 12.6. The van der Waals surface area contributed by atoms with E-state index in [4.69, 9.17) is 16.3 Å². The summed E-state index contributed by atoms with van der Waals surface area (Å²) in [6.45, 7) is 4.09. The highest BCUT2D eigenvalue weighted by Gasteiger charge is 2.10. The normalized spacial score (nSPS) is 14.6. The molecule has 1 N–H and O–H groups in total. The number of hydrogen-bond acceptors (Lipinski definition) is 3. The van der Waals surface area contributed by atoms with Gasteiger partial charge in [0.05, 0.1) is 0 Å². The second kappa shape index (κ2) is 8.95. The minimum Gasteiger partial charge on any atom is -0.483 e. The number of aryl methyl sites for hydroxylation is 1. The lowest BCUT2D eigenvalue weighted by Crippen LogP contribution is -2.24. The van der Waals surface area contributed by atoms with Crippen LogP contribution in [-0.2, 0) is 4.79 Å². The fraction of sp³-hybridized carbons (Fsp3) is 0.381. The van der Waals surface area contributed by atoms with Gasteiger partial charge in [-0.3, -0.25) is 4.79 Å². The molecule has 5 heteroatoms. The lowest BCUT2D eigenvalue weighted by Gasteiger charge is -2.22. The number of ether oxygens (including phenoxy) is 1. The van der Waals surface area contributed by atoms with Crippen molar-refractivity contribution in [1.29, 1.82) is 0 Å². The lowest BCUT2D eigenvalue weighted by molar-refractivity contribution is -0.118. The van der Waals surface area contributed by atoms with Crippen molar-refractivity contribution in [3.63, 3.8) is 0 Å². The molecule has 1 aliphatic heterocycles. The van der Waals surface area contributed by atoms with Gasteiger partial charge in [0.25, 0.3) is 5.91 Å². The van der Waals surface area contributed by atoms with Gasteiger partial charge in [0.1, 0.15) is 5.75 Å². The molecular weight excluding hydrogens is 348 g/mol. The Labute approximate surface area is 160 Å². The average Bonchev–Trinajstić information content (AvgIpc) is 2.91. The maximum absolute atomic E-state index is 12.1. The highest BCUT2D eigenvalue weighted by Crippen LogP contribution is 2.23. The second-order valence-electron chi connectivity index (χ2n) is 6.69. The number of anilines is 2. The van der Waals surface area contributed by atoms with E-state index >= 15 is 0 Å². The summed E-state index contributed by atoms with van der Waals surface area (Å²) in [6.07, 6.45) is 5.13. The van der Waals surface area contributed by atoms with Gasteiger partial charge in [-0.05, 0) is 67.8 Å². The molecule has 3 rings (SSSR count). The van der Waals surface area contributed by atoms with E-state index in [-0.39, 0.29) is 12.5 Å². The third-order valence-corrected chi connectivity index (χ3v) is 4.85. The number of carbonyl (C=O) groups is 1. The zero-order chi connectivity index (χ0) is 18.4. The van der Waals surface area contributed by atoms with Crippen molar-refractivity contribution >= 4 is 28.9 Å². The summed E-state index contributed by atoms with van der Waals surface area (Å²) in [7, 11) is 0. The zero-order valence-electron chi connectivity index (χ0n) is 15.1. The summed E-state index contributed by atoms with van der Waals surface area (Å²) >= 11 is 5.93. The second-order valence-corrected chi connectivity index (χ2v) is 7.13. The third kappa shape index (κ3) is 5.15. The quantitative estimate of drug-likeness (QED) is 0.798.